The number of aliphatic carboxylic acids is 1. The molecule has 132 valence electrons. The molecule has 1 N–H and O–H groups in total. The van der Waals surface area contributed by atoms with Crippen molar-refractivity contribution in [1.29, 1.82) is 0 Å². The number of carbonyl (C=O) groups is 1. The van der Waals surface area contributed by atoms with Crippen LogP contribution >= 0.6 is 0 Å². The van der Waals surface area contributed by atoms with Crippen molar-refractivity contribution in [3.05, 3.63) is 59.1 Å². The summed E-state index contributed by atoms with van der Waals surface area (Å²) in [4.78, 5) is 11.0. The smallest absolute Gasteiger partial charge is 0.416 e. The molecule has 1 saturated heterocycles. The Morgan fingerprint density at radius 3 is 2.64 bits per heavy atom. The molecular formula is C18H15F3O4. The highest BCUT2D eigenvalue weighted by Gasteiger charge is 2.66. The van der Waals surface area contributed by atoms with Crippen LogP contribution in [0.5, 0.6) is 0 Å². The van der Waals surface area contributed by atoms with E-state index in [9.17, 15) is 18.0 Å². The van der Waals surface area contributed by atoms with E-state index in [0.717, 1.165) is 17.9 Å². The molecule has 1 heterocycles. The van der Waals surface area contributed by atoms with E-state index in [2.05, 4.69) is 0 Å². The lowest BCUT2D eigenvalue weighted by atomic mass is 9.92. The van der Waals surface area contributed by atoms with E-state index < -0.39 is 23.6 Å². The van der Waals surface area contributed by atoms with E-state index in [-0.39, 0.29) is 24.5 Å². The number of alkyl halides is 3. The first-order valence-corrected chi connectivity index (χ1v) is 7.95. The molecule has 4 atom stereocenters. The van der Waals surface area contributed by atoms with Crippen molar-refractivity contribution in [1.82, 2.24) is 0 Å². The molecule has 7 heteroatoms. The SMILES string of the molecule is O=C(O)[C@H]1[C@@H]2OC3=CC(OCc4ccc(C(F)(F)F)cc4)=CCC3[C@@H]21. The van der Waals surface area contributed by atoms with Gasteiger partial charge in [-0.2, -0.15) is 13.2 Å². The summed E-state index contributed by atoms with van der Waals surface area (Å²) in [5.41, 5.74) is -0.0554. The summed E-state index contributed by atoms with van der Waals surface area (Å²) in [6.45, 7) is 0.156. The summed E-state index contributed by atoms with van der Waals surface area (Å²) >= 11 is 0. The highest BCUT2D eigenvalue weighted by molar-refractivity contribution is 5.76. The van der Waals surface area contributed by atoms with Crippen molar-refractivity contribution in [2.45, 2.75) is 25.3 Å². The van der Waals surface area contributed by atoms with Gasteiger partial charge in [-0.3, -0.25) is 4.79 Å². The molecule has 1 unspecified atom stereocenters. The van der Waals surface area contributed by atoms with Crippen molar-refractivity contribution >= 4 is 5.97 Å². The average Bonchev–Trinajstić information content (AvgIpc) is 3.16. The summed E-state index contributed by atoms with van der Waals surface area (Å²) in [5, 5.41) is 9.07. The number of allylic oxidation sites excluding steroid dienone is 3. The lowest BCUT2D eigenvalue weighted by Gasteiger charge is -2.20. The minimum atomic E-state index is -4.35. The van der Waals surface area contributed by atoms with Crippen LogP contribution in [0.25, 0.3) is 0 Å². The number of carboxylic acids is 1. The van der Waals surface area contributed by atoms with Gasteiger partial charge in [0, 0.05) is 17.9 Å². The maximum absolute atomic E-state index is 12.5. The van der Waals surface area contributed by atoms with Crippen LogP contribution in [0.15, 0.2) is 47.9 Å². The first kappa shape index (κ1) is 16.1. The van der Waals surface area contributed by atoms with Crippen molar-refractivity contribution in [3.63, 3.8) is 0 Å². The number of hydrogen-bond donors (Lipinski definition) is 1. The second-order valence-corrected chi connectivity index (χ2v) is 6.50. The monoisotopic (exact) mass is 352 g/mol. The van der Waals surface area contributed by atoms with Crippen molar-refractivity contribution in [2.24, 2.45) is 17.8 Å². The van der Waals surface area contributed by atoms with Crippen molar-refractivity contribution in [2.75, 3.05) is 0 Å². The van der Waals surface area contributed by atoms with E-state index in [4.69, 9.17) is 14.6 Å². The Labute approximate surface area is 141 Å². The Kier molecular flexibility index (Phi) is 3.56. The van der Waals surface area contributed by atoms with Gasteiger partial charge < -0.3 is 14.6 Å². The normalized spacial score (nSPS) is 29.7. The zero-order valence-electron chi connectivity index (χ0n) is 13.0. The molecule has 2 fully saturated rings. The number of benzene rings is 1. The average molecular weight is 352 g/mol. The second-order valence-electron chi connectivity index (χ2n) is 6.50. The van der Waals surface area contributed by atoms with Crippen LogP contribution in [0.1, 0.15) is 17.5 Å². The summed E-state index contributed by atoms with van der Waals surface area (Å²) in [6, 6.07) is 4.84. The quantitative estimate of drug-likeness (QED) is 0.897. The van der Waals surface area contributed by atoms with Gasteiger partial charge in [0.15, 0.2) is 0 Å². The lowest BCUT2D eigenvalue weighted by molar-refractivity contribution is -0.140. The molecule has 0 amide bonds. The number of halogens is 3. The second kappa shape index (κ2) is 5.54. The fraction of sp³-hybridized carbons (Fsp3) is 0.389. The molecule has 3 aliphatic rings. The summed E-state index contributed by atoms with van der Waals surface area (Å²) in [6.07, 6.45) is -0.306. The van der Waals surface area contributed by atoms with E-state index in [1.54, 1.807) is 6.08 Å². The molecule has 1 aromatic carbocycles. The molecule has 4 nitrogen and oxygen atoms in total. The predicted octanol–water partition coefficient (Wildman–Crippen LogP) is 3.74. The van der Waals surface area contributed by atoms with Gasteiger partial charge in [-0.1, -0.05) is 12.1 Å². The Balaban J connectivity index is 1.35. The highest BCUT2D eigenvalue weighted by atomic mass is 19.4. The maximum Gasteiger partial charge on any atom is 0.416 e. The van der Waals surface area contributed by atoms with Crippen LogP contribution in [0, 0.1) is 17.8 Å². The third-order valence-electron chi connectivity index (χ3n) is 4.94. The lowest BCUT2D eigenvalue weighted by Crippen LogP contribution is -2.15. The molecule has 0 bridgehead atoms. The van der Waals surface area contributed by atoms with E-state index >= 15 is 0 Å². The Hall–Kier alpha value is -2.44. The molecule has 1 saturated carbocycles. The molecule has 0 aromatic heterocycles. The standard InChI is InChI=1S/C18H15F3O4/c19-18(20,21)10-3-1-9(2-4-10)8-24-11-5-6-12-13(7-11)25-16-14(12)15(16)17(22)23/h1-5,7,12,14-16H,6,8H2,(H,22,23)/t12?,14-,15-,16-/m1/s1. The van der Waals surface area contributed by atoms with Gasteiger partial charge in [-0.25, -0.2) is 0 Å². The number of ether oxygens (including phenoxy) is 2. The Morgan fingerprint density at radius 1 is 1.28 bits per heavy atom. The maximum atomic E-state index is 12.5. The van der Waals surface area contributed by atoms with Crippen LogP contribution in [0.4, 0.5) is 13.2 Å². The molecule has 1 aliphatic heterocycles. The van der Waals surface area contributed by atoms with Crippen molar-refractivity contribution in [3.8, 4) is 0 Å². The minimum Gasteiger partial charge on any atom is -0.493 e. The van der Waals surface area contributed by atoms with Gasteiger partial charge >= 0.3 is 12.1 Å². The van der Waals surface area contributed by atoms with Crippen LogP contribution in [0.2, 0.25) is 0 Å². The Bertz CT molecular complexity index is 764. The third-order valence-corrected chi connectivity index (χ3v) is 4.94. The molecule has 2 aliphatic carbocycles. The summed E-state index contributed by atoms with van der Waals surface area (Å²) < 4.78 is 48.9. The first-order valence-electron chi connectivity index (χ1n) is 7.95. The number of rotatable bonds is 4. The van der Waals surface area contributed by atoms with E-state index in [1.807, 2.05) is 6.08 Å². The highest BCUT2D eigenvalue weighted by Crippen LogP contribution is 2.58. The topological polar surface area (TPSA) is 55.8 Å². The van der Waals surface area contributed by atoms with Crippen LogP contribution in [-0.4, -0.2) is 17.2 Å². The molecule has 25 heavy (non-hydrogen) atoms. The van der Waals surface area contributed by atoms with Crippen molar-refractivity contribution < 1.29 is 32.5 Å². The van der Waals surface area contributed by atoms with Gasteiger partial charge in [0.1, 0.15) is 30.1 Å². The van der Waals surface area contributed by atoms with Gasteiger partial charge in [-0.05, 0) is 30.2 Å². The first-order chi connectivity index (χ1) is 11.8. The van der Waals surface area contributed by atoms with Crippen LogP contribution < -0.4 is 0 Å². The van der Waals surface area contributed by atoms with Gasteiger partial charge in [-0.15, -0.1) is 0 Å². The van der Waals surface area contributed by atoms with Gasteiger partial charge in [0.25, 0.3) is 0 Å². The van der Waals surface area contributed by atoms with E-state index in [0.29, 0.717) is 17.7 Å². The van der Waals surface area contributed by atoms with Crippen LogP contribution in [0.3, 0.4) is 0 Å². The fourth-order valence-corrected chi connectivity index (χ4v) is 3.59. The summed E-state index contributed by atoms with van der Waals surface area (Å²) in [5.74, 6) is 0.241. The number of carboxylic acid groups (broad SMARTS) is 1. The molecule has 0 spiro atoms. The molecule has 0 radical (unpaired) electrons. The largest absolute Gasteiger partial charge is 0.493 e. The molecular weight excluding hydrogens is 337 g/mol. The molecule has 4 rings (SSSR count). The zero-order valence-corrected chi connectivity index (χ0v) is 13.0. The molecule has 1 aromatic rings. The zero-order chi connectivity index (χ0) is 17.8. The Morgan fingerprint density at radius 2 is 2.00 bits per heavy atom. The third kappa shape index (κ3) is 2.88. The predicted molar refractivity (Wildman–Crippen MR) is 80.0 cm³/mol. The van der Waals surface area contributed by atoms with E-state index in [1.165, 1.54) is 12.1 Å². The number of fused-ring (bicyclic) bond motifs is 3. The van der Waals surface area contributed by atoms with Gasteiger partial charge in [0.2, 0.25) is 0 Å². The van der Waals surface area contributed by atoms with Crippen LogP contribution in [-0.2, 0) is 27.1 Å². The minimum absolute atomic E-state index is 0.0384. The fourth-order valence-electron chi connectivity index (χ4n) is 3.59. The van der Waals surface area contributed by atoms with Gasteiger partial charge in [0.05, 0.1) is 5.56 Å². The number of hydrogen-bond acceptors (Lipinski definition) is 3. The summed E-state index contributed by atoms with van der Waals surface area (Å²) in [7, 11) is 0.